The lowest BCUT2D eigenvalue weighted by Gasteiger charge is -2.37. The van der Waals surface area contributed by atoms with E-state index in [4.69, 9.17) is 4.74 Å². The largest absolute Gasteiger partial charge is 0.497 e. The molecule has 2 aliphatic carbocycles. The van der Waals surface area contributed by atoms with Gasteiger partial charge in [0.05, 0.1) is 7.11 Å². The summed E-state index contributed by atoms with van der Waals surface area (Å²) < 4.78 is 5.44. The molecule has 0 heterocycles. The Morgan fingerprint density at radius 2 is 2.00 bits per heavy atom. The Balaban J connectivity index is 2.14. The zero-order valence-electron chi connectivity index (χ0n) is 12.9. The SMILES string of the molecule is COc1ccc2c(c1)[C@H]1CC[C@@H](C)[C@]1(CO)CC[C@H]2C. The fraction of sp³-hybridized carbons (Fsp3) is 0.667. The zero-order valence-corrected chi connectivity index (χ0v) is 12.9. The number of ether oxygens (including phenoxy) is 1. The molecule has 2 heteroatoms. The van der Waals surface area contributed by atoms with Gasteiger partial charge < -0.3 is 9.84 Å². The van der Waals surface area contributed by atoms with Crippen LogP contribution in [0.5, 0.6) is 5.75 Å². The van der Waals surface area contributed by atoms with E-state index in [1.165, 1.54) is 30.4 Å². The van der Waals surface area contributed by atoms with Crippen molar-refractivity contribution in [2.45, 2.75) is 51.4 Å². The zero-order chi connectivity index (χ0) is 14.3. The molecular weight excluding hydrogens is 248 g/mol. The van der Waals surface area contributed by atoms with E-state index in [9.17, 15) is 5.11 Å². The molecule has 1 N–H and O–H groups in total. The summed E-state index contributed by atoms with van der Waals surface area (Å²) in [5, 5.41) is 10.2. The van der Waals surface area contributed by atoms with Gasteiger partial charge in [-0.15, -0.1) is 0 Å². The first-order chi connectivity index (χ1) is 9.62. The first-order valence-electron chi connectivity index (χ1n) is 7.91. The molecule has 1 aromatic carbocycles. The highest BCUT2D eigenvalue weighted by Gasteiger charge is 2.50. The van der Waals surface area contributed by atoms with Gasteiger partial charge in [0.1, 0.15) is 5.75 Å². The molecule has 0 unspecified atom stereocenters. The topological polar surface area (TPSA) is 29.5 Å². The Hall–Kier alpha value is -1.02. The van der Waals surface area contributed by atoms with Crippen molar-refractivity contribution in [1.29, 1.82) is 0 Å². The highest BCUT2D eigenvalue weighted by Crippen LogP contribution is 2.59. The van der Waals surface area contributed by atoms with E-state index in [0.29, 0.717) is 24.4 Å². The summed E-state index contributed by atoms with van der Waals surface area (Å²) in [5.74, 6) is 2.64. The van der Waals surface area contributed by atoms with Crippen LogP contribution in [0, 0.1) is 11.3 Å². The van der Waals surface area contributed by atoms with Crippen molar-refractivity contribution < 1.29 is 9.84 Å². The van der Waals surface area contributed by atoms with E-state index in [1.54, 1.807) is 7.11 Å². The fourth-order valence-corrected chi connectivity index (χ4v) is 4.64. The van der Waals surface area contributed by atoms with E-state index in [-0.39, 0.29) is 5.41 Å². The van der Waals surface area contributed by atoms with Gasteiger partial charge in [-0.25, -0.2) is 0 Å². The highest BCUT2D eigenvalue weighted by molar-refractivity contribution is 5.42. The summed E-state index contributed by atoms with van der Waals surface area (Å²) in [6.45, 7) is 4.97. The lowest BCUT2D eigenvalue weighted by molar-refractivity contribution is 0.0650. The van der Waals surface area contributed by atoms with E-state index in [2.05, 4.69) is 32.0 Å². The number of rotatable bonds is 2. The maximum atomic E-state index is 10.2. The van der Waals surface area contributed by atoms with Gasteiger partial charge in [0.15, 0.2) is 0 Å². The summed E-state index contributed by atoms with van der Waals surface area (Å²) >= 11 is 0. The highest BCUT2D eigenvalue weighted by atomic mass is 16.5. The number of hydrogen-bond donors (Lipinski definition) is 1. The van der Waals surface area contributed by atoms with Crippen LogP contribution in [-0.4, -0.2) is 18.8 Å². The molecule has 0 saturated heterocycles. The average molecular weight is 274 g/mol. The molecule has 1 saturated carbocycles. The van der Waals surface area contributed by atoms with Crippen molar-refractivity contribution in [3.8, 4) is 5.75 Å². The molecule has 20 heavy (non-hydrogen) atoms. The second-order valence-corrected chi connectivity index (χ2v) is 6.86. The summed E-state index contributed by atoms with van der Waals surface area (Å²) in [7, 11) is 1.73. The van der Waals surface area contributed by atoms with Gasteiger partial charge in [-0.3, -0.25) is 0 Å². The summed E-state index contributed by atoms with van der Waals surface area (Å²) in [5.41, 5.74) is 3.00. The van der Waals surface area contributed by atoms with Gasteiger partial charge in [-0.1, -0.05) is 19.9 Å². The molecule has 3 rings (SSSR count). The van der Waals surface area contributed by atoms with Crippen LogP contribution in [0.4, 0.5) is 0 Å². The molecule has 0 radical (unpaired) electrons. The van der Waals surface area contributed by atoms with Crippen LogP contribution in [0.1, 0.15) is 62.5 Å². The number of benzene rings is 1. The Bertz CT molecular complexity index is 496. The number of methoxy groups -OCH3 is 1. The maximum absolute atomic E-state index is 10.2. The van der Waals surface area contributed by atoms with E-state index < -0.39 is 0 Å². The van der Waals surface area contributed by atoms with Crippen LogP contribution in [0.25, 0.3) is 0 Å². The third-order valence-electron chi connectivity index (χ3n) is 6.10. The van der Waals surface area contributed by atoms with Crippen molar-refractivity contribution in [2.24, 2.45) is 11.3 Å². The lowest BCUT2D eigenvalue weighted by Crippen LogP contribution is -2.33. The molecule has 4 atom stereocenters. The van der Waals surface area contributed by atoms with Crippen LogP contribution < -0.4 is 4.74 Å². The quantitative estimate of drug-likeness (QED) is 0.880. The van der Waals surface area contributed by atoms with Crippen molar-refractivity contribution >= 4 is 0 Å². The molecule has 1 fully saturated rings. The second kappa shape index (κ2) is 5.07. The molecule has 2 aliphatic rings. The van der Waals surface area contributed by atoms with E-state index >= 15 is 0 Å². The Morgan fingerprint density at radius 3 is 2.70 bits per heavy atom. The van der Waals surface area contributed by atoms with Crippen LogP contribution >= 0.6 is 0 Å². The van der Waals surface area contributed by atoms with Gasteiger partial charge in [0.25, 0.3) is 0 Å². The average Bonchev–Trinajstić information content (AvgIpc) is 2.74. The third kappa shape index (κ3) is 1.88. The molecule has 2 nitrogen and oxygen atoms in total. The Kier molecular flexibility index (Phi) is 3.53. The van der Waals surface area contributed by atoms with Crippen LogP contribution in [0.3, 0.4) is 0 Å². The monoisotopic (exact) mass is 274 g/mol. The van der Waals surface area contributed by atoms with Gasteiger partial charge in [0.2, 0.25) is 0 Å². The minimum Gasteiger partial charge on any atom is -0.497 e. The number of fused-ring (bicyclic) bond motifs is 3. The van der Waals surface area contributed by atoms with Crippen molar-refractivity contribution in [2.75, 3.05) is 13.7 Å². The predicted molar refractivity (Wildman–Crippen MR) is 81.3 cm³/mol. The first kappa shape index (κ1) is 13.9. The number of hydrogen-bond acceptors (Lipinski definition) is 2. The molecule has 0 aromatic heterocycles. The molecule has 1 aromatic rings. The normalized spacial score (nSPS) is 36.1. The van der Waals surface area contributed by atoms with Crippen LogP contribution in [0.2, 0.25) is 0 Å². The Morgan fingerprint density at radius 1 is 1.20 bits per heavy atom. The lowest BCUT2D eigenvalue weighted by atomic mass is 9.69. The van der Waals surface area contributed by atoms with Crippen LogP contribution in [-0.2, 0) is 0 Å². The van der Waals surface area contributed by atoms with Gasteiger partial charge in [-0.2, -0.15) is 0 Å². The van der Waals surface area contributed by atoms with E-state index in [0.717, 1.165) is 12.2 Å². The minimum absolute atomic E-state index is 0.0892. The van der Waals surface area contributed by atoms with Gasteiger partial charge >= 0.3 is 0 Å². The first-order valence-corrected chi connectivity index (χ1v) is 7.91. The molecule has 110 valence electrons. The fourth-order valence-electron chi connectivity index (χ4n) is 4.64. The van der Waals surface area contributed by atoms with Crippen molar-refractivity contribution in [3.63, 3.8) is 0 Å². The van der Waals surface area contributed by atoms with Gasteiger partial charge in [0, 0.05) is 12.0 Å². The number of aliphatic hydroxyl groups is 1. The summed E-state index contributed by atoms with van der Waals surface area (Å²) in [4.78, 5) is 0. The van der Waals surface area contributed by atoms with Crippen molar-refractivity contribution in [3.05, 3.63) is 29.3 Å². The number of aliphatic hydroxyl groups excluding tert-OH is 1. The molecular formula is C18H26O2. The molecule has 0 amide bonds. The molecule has 0 bridgehead atoms. The third-order valence-corrected chi connectivity index (χ3v) is 6.10. The summed E-state index contributed by atoms with van der Waals surface area (Å²) in [6.07, 6.45) is 4.76. The van der Waals surface area contributed by atoms with Crippen molar-refractivity contribution in [1.82, 2.24) is 0 Å². The summed E-state index contributed by atoms with van der Waals surface area (Å²) in [6, 6.07) is 6.55. The van der Waals surface area contributed by atoms with E-state index in [1.807, 2.05) is 0 Å². The predicted octanol–water partition coefficient (Wildman–Crippen LogP) is 4.08. The minimum atomic E-state index is 0.0892. The Labute approximate surface area is 122 Å². The smallest absolute Gasteiger partial charge is 0.119 e. The standard InChI is InChI=1S/C18H26O2/c1-12-8-9-18(11-19)13(2)4-7-17(18)16-10-14(20-3)5-6-15(12)16/h5-6,10,12-13,17,19H,4,7-9,11H2,1-3H3/t12-,13-,17-,18-/m1/s1. The van der Waals surface area contributed by atoms with Crippen LogP contribution in [0.15, 0.2) is 18.2 Å². The maximum Gasteiger partial charge on any atom is 0.119 e. The molecule has 0 aliphatic heterocycles. The van der Waals surface area contributed by atoms with Gasteiger partial charge in [-0.05, 0) is 66.7 Å². The molecule has 0 spiro atoms. The second-order valence-electron chi connectivity index (χ2n) is 6.86.